The van der Waals surface area contributed by atoms with Crippen molar-refractivity contribution < 1.29 is 14.3 Å². The first-order valence-corrected chi connectivity index (χ1v) is 8.28. The number of nitrogens with zero attached hydrogens (tertiary/aromatic N) is 2. The summed E-state index contributed by atoms with van der Waals surface area (Å²) < 4.78 is 4.70. The second kappa shape index (κ2) is 8.29. The number of carbonyl (C=O) groups excluding carboxylic acids is 2. The Balaban J connectivity index is 1.74. The molecule has 2 N–H and O–H groups in total. The standard InChI is InChI=1S/C19H15ClN4O3/c1-27-18(26)12-3-2-4-15(11-12)23-19-21-10-9-16(24-19)17(25)22-14-7-5-13(20)6-8-14/h2-11H,1H3,(H,22,25)(H,21,23,24). The van der Waals surface area contributed by atoms with Gasteiger partial charge >= 0.3 is 5.97 Å². The number of halogens is 1. The van der Waals surface area contributed by atoms with Gasteiger partial charge in [0.25, 0.3) is 5.91 Å². The number of hydrogen-bond donors (Lipinski definition) is 2. The molecule has 0 bridgehead atoms. The lowest BCUT2D eigenvalue weighted by Gasteiger charge is -2.08. The van der Waals surface area contributed by atoms with Gasteiger partial charge in [-0.25, -0.2) is 14.8 Å². The summed E-state index contributed by atoms with van der Waals surface area (Å²) in [5.41, 5.74) is 1.77. The van der Waals surface area contributed by atoms with Crippen LogP contribution in [0.3, 0.4) is 0 Å². The zero-order valence-corrected chi connectivity index (χ0v) is 15.0. The van der Waals surface area contributed by atoms with Crippen LogP contribution >= 0.6 is 11.6 Å². The van der Waals surface area contributed by atoms with Crippen LogP contribution in [0.2, 0.25) is 5.02 Å². The summed E-state index contributed by atoms with van der Waals surface area (Å²) in [5, 5.41) is 6.27. The average molecular weight is 383 g/mol. The third-order valence-electron chi connectivity index (χ3n) is 3.53. The van der Waals surface area contributed by atoms with Crippen LogP contribution in [0.1, 0.15) is 20.8 Å². The molecule has 0 fully saturated rings. The van der Waals surface area contributed by atoms with E-state index >= 15 is 0 Å². The number of hydrogen-bond acceptors (Lipinski definition) is 6. The molecule has 27 heavy (non-hydrogen) atoms. The van der Waals surface area contributed by atoms with Gasteiger partial charge < -0.3 is 15.4 Å². The molecule has 1 heterocycles. The van der Waals surface area contributed by atoms with E-state index < -0.39 is 5.97 Å². The van der Waals surface area contributed by atoms with Crippen molar-refractivity contribution in [2.45, 2.75) is 0 Å². The predicted molar refractivity (Wildman–Crippen MR) is 103 cm³/mol. The van der Waals surface area contributed by atoms with Crippen LogP contribution in [0, 0.1) is 0 Å². The number of aromatic nitrogens is 2. The van der Waals surface area contributed by atoms with E-state index in [1.54, 1.807) is 48.5 Å². The minimum atomic E-state index is -0.448. The molecule has 0 atom stereocenters. The Labute approximate surface area is 160 Å². The van der Waals surface area contributed by atoms with E-state index in [2.05, 4.69) is 20.6 Å². The molecule has 1 amide bonds. The number of benzene rings is 2. The van der Waals surface area contributed by atoms with Gasteiger partial charge in [-0.15, -0.1) is 0 Å². The van der Waals surface area contributed by atoms with Crippen LogP contribution in [-0.2, 0) is 4.74 Å². The molecule has 0 unspecified atom stereocenters. The second-order valence-corrected chi connectivity index (χ2v) is 5.86. The highest BCUT2D eigenvalue weighted by atomic mass is 35.5. The van der Waals surface area contributed by atoms with Gasteiger partial charge in [0.15, 0.2) is 0 Å². The number of esters is 1. The molecule has 0 aliphatic heterocycles. The number of ether oxygens (including phenoxy) is 1. The van der Waals surface area contributed by atoms with Gasteiger partial charge in [0.1, 0.15) is 5.69 Å². The fraction of sp³-hybridized carbons (Fsp3) is 0.0526. The lowest BCUT2D eigenvalue weighted by Crippen LogP contribution is -2.14. The molecule has 3 aromatic rings. The van der Waals surface area contributed by atoms with Crippen molar-refractivity contribution in [1.82, 2.24) is 9.97 Å². The fourth-order valence-electron chi connectivity index (χ4n) is 2.24. The topological polar surface area (TPSA) is 93.2 Å². The number of rotatable bonds is 5. The summed E-state index contributed by atoms with van der Waals surface area (Å²) in [7, 11) is 1.31. The van der Waals surface area contributed by atoms with Gasteiger partial charge in [0.05, 0.1) is 12.7 Å². The van der Waals surface area contributed by atoms with E-state index in [0.29, 0.717) is 22.0 Å². The van der Waals surface area contributed by atoms with Gasteiger partial charge in [-0.2, -0.15) is 0 Å². The largest absolute Gasteiger partial charge is 0.465 e. The van der Waals surface area contributed by atoms with Crippen LogP contribution in [0.4, 0.5) is 17.3 Å². The monoisotopic (exact) mass is 382 g/mol. The fourth-order valence-corrected chi connectivity index (χ4v) is 2.37. The highest BCUT2D eigenvalue weighted by Crippen LogP contribution is 2.17. The molecule has 1 aromatic heterocycles. The maximum atomic E-state index is 12.4. The Bertz CT molecular complexity index is 977. The molecule has 7 nitrogen and oxygen atoms in total. The summed E-state index contributed by atoms with van der Waals surface area (Å²) in [5.74, 6) is -0.609. The van der Waals surface area contributed by atoms with Gasteiger partial charge in [-0.05, 0) is 48.5 Å². The lowest BCUT2D eigenvalue weighted by atomic mass is 10.2. The maximum absolute atomic E-state index is 12.4. The van der Waals surface area contributed by atoms with E-state index in [1.165, 1.54) is 19.4 Å². The van der Waals surface area contributed by atoms with Crippen molar-refractivity contribution >= 4 is 40.8 Å². The van der Waals surface area contributed by atoms with Crippen molar-refractivity contribution in [1.29, 1.82) is 0 Å². The Morgan fingerprint density at radius 2 is 1.81 bits per heavy atom. The van der Waals surface area contributed by atoms with E-state index in [4.69, 9.17) is 16.3 Å². The first-order chi connectivity index (χ1) is 13.0. The van der Waals surface area contributed by atoms with Crippen molar-refractivity contribution in [3.05, 3.63) is 77.1 Å². The SMILES string of the molecule is COC(=O)c1cccc(Nc2nccc(C(=O)Nc3ccc(Cl)cc3)n2)c1. The molecular weight excluding hydrogens is 368 g/mol. The van der Waals surface area contributed by atoms with Crippen LogP contribution in [0.25, 0.3) is 0 Å². The third kappa shape index (κ3) is 4.80. The Morgan fingerprint density at radius 1 is 1.04 bits per heavy atom. The molecule has 0 aliphatic carbocycles. The van der Waals surface area contributed by atoms with Gasteiger partial charge in [-0.3, -0.25) is 4.79 Å². The number of carbonyl (C=O) groups is 2. The molecule has 136 valence electrons. The molecule has 2 aromatic carbocycles. The highest BCUT2D eigenvalue weighted by molar-refractivity contribution is 6.30. The van der Waals surface area contributed by atoms with E-state index in [1.807, 2.05) is 0 Å². The molecule has 0 radical (unpaired) electrons. The van der Waals surface area contributed by atoms with Crippen LogP contribution in [-0.4, -0.2) is 29.0 Å². The summed E-state index contributed by atoms with van der Waals surface area (Å²) in [4.78, 5) is 32.3. The predicted octanol–water partition coefficient (Wildman–Crippen LogP) is 3.91. The minimum Gasteiger partial charge on any atom is -0.465 e. The van der Waals surface area contributed by atoms with Crippen molar-refractivity contribution in [3.63, 3.8) is 0 Å². The van der Waals surface area contributed by atoms with Gasteiger partial charge in [-0.1, -0.05) is 17.7 Å². The van der Waals surface area contributed by atoms with E-state index in [-0.39, 0.29) is 17.5 Å². The van der Waals surface area contributed by atoms with Gasteiger partial charge in [0, 0.05) is 22.6 Å². The highest BCUT2D eigenvalue weighted by Gasteiger charge is 2.11. The van der Waals surface area contributed by atoms with Crippen LogP contribution in [0.15, 0.2) is 60.8 Å². The Hall–Kier alpha value is -3.45. The van der Waals surface area contributed by atoms with Gasteiger partial charge in [0.2, 0.25) is 5.95 Å². The number of anilines is 3. The molecule has 3 rings (SSSR count). The summed E-state index contributed by atoms with van der Waals surface area (Å²) in [6.07, 6.45) is 1.47. The maximum Gasteiger partial charge on any atom is 0.337 e. The van der Waals surface area contributed by atoms with Crippen LogP contribution < -0.4 is 10.6 Å². The lowest BCUT2D eigenvalue weighted by molar-refractivity contribution is 0.0600. The van der Waals surface area contributed by atoms with E-state index in [9.17, 15) is 9.59 Å². The van der Waals surface area contributed by atoms with E-state index in [0.717, 1.165) is 0 Å². The first kappa shape index (κ1) is 18.3. The molecule has 0 saturated carbocycles. The summed E-state index contributed by atoms with van der Waals surface area (Å²) in [6.45, 7) is 0. The quantitative estimate of drug-likeness (QED) is 0.650. The molecule has 0 spiro atoms. The molecule has 8 heteroatoms. The smallest absolute Gasteiger partial charge is 0.337 e. The third-order valence-corrected chi connectivity index (χ3v) is 3.78. The average Bonchev–Trinajstić information content (AvgIpc) is 2.69. The van der Waals surface area contributed by atoms with Crippen molar-refractivity contribution in [2.75, 3.05) is 17.7 Å². The Morgan fingerprint density at radius 3 is 2.56 bits per heavy atom. The second-order valence-electron chi connectivity index (χ2n) is 5.42. The zero-order valence-electron chi connectivity index (χ0n) is 14.3. The molecule has 0 saturated heterocycles. The normalized spacial score (nSPS) is 10.1. The number of nitrogens with one attached hydrogen (secondary N) is 2. The molecule has 0 aliphatic rings. The number of methoxy groups -OCH3 is 1. The zero-order chi connectivity index (χ0) is 19.2. The van der Waals surface area contributed by atoms with Crippen LogP contribution in [0.5, 0.6) is 0 Å². The van der Waals surface area contributed by atoms with Crippen molar-refractivity contribution in [3.8, 4) is 0 Å². The molecular formula is C19H15ClN4O3. The number of amides is 1. The Kier molecular flexibility index (Phi) is 5.63. The van der Waals surface area contributed by atoms with Crippen molar-refractivity contribution in [2.24, 2.45) is 0 Å². The summed E-state index contributed by atoms with van der Waals surface area (Å²) >= 11 is 5.83. The first-order valence-electron chi connectivity index (χ1n) is 7.90. The minimum absolute atomic E-state index is 0.187. The summed E-state index contributed by atoms with van der Waals surface area (Å²) in [6, 6.07) is 14.9.